The van der Waals surface area contributed by atoms with Gasteiger partial charge in [-0.3, -0.25) is 0 Å². The van der Waals surface area contributed by atoms with E-state index in [1.54, 1.807) is 30.3 Å². The van der Waals surface area contributed by atoms with Crippen LogP contribution in [0.5, 0.6) is 0 Å². The molecule has 4 nitrogen and oxygen atoms in total. The molecule has 2 atom stereocenters. The number of rotatable bonds is 1. The number of nitrogens with zero attached hydrogens (tertiary/aromatic N) is 1. The molecule has 1 aliphatic carbocycles. The standard InChI is InChI=1S/C14H13NO3/c16-13-9-10-5-1-2-6-11(10)14(13,17)12-7-3-4-8-15(12)18/h1-8,13,16-17H,9H2. The third-order valence-corrected chi connectivity index (χ3v) is 3.54. The molecule has 0 bridgehead atoms. The van der Waals surface area contributed by atoms with Crippen LogP contribution in [0.1, 0.15) is 16.8 Å². The molecule has 92 valence electrons. The van der Waals surface area contributed by atoms with E-state index >= 15 is 0 Å². The Morgan fingerprint density at radius 1 is 1.17 bits per heavy atom. The summed E-state index contributed by atoms with van der Waals surface area (Å²) >= 11 is 0. The smallest absolute Gasteiger partial charge is 0.231 e. The van der Waals surface area contributed by atoms with E-state index in [1.165, 1.54) is 6.20 Å². The number of aliphatic hydroxyl groups is 2. The van der Waals surface area contributed by atoms with E-state index in [4.69, 9.17) is 0 Å². The van der Waals surface area contributed by atoms with Gasteiger partial charge in [0, 0.05) is 24.1 Å². The fraction of sp³-hybridized carbons (Fsp3) is 0.214. The molecule has 0 radical (unpaired) electrons. The third kappa shape index (κ3) is 1.36. The molecular formula is C14H13NO3. The minimum absolute atomic E-state index is 0.155. The Hall–Kier alpha value is -1.91. The summed E-state index contributed by atoms with van der Waals surface area (Å²) in [5.74, 6) is 0. The van der Waals surface area contributed by atoms with E-state index in [0.717, 1.165) is 5.56 Å². The average molecular weight is 243 g/mol. The van der Waals surface area contributed by atoms with Crippen LogP contribution in [0.15, 0.2) is 48.7 Å². The Bertz CT molecular complexity index is 599. The van der Waals surface area contributed by atoms with Crippen LogP contribution in [0, 0.1) is 5.21 Å². The molecular weight excluding hydrogens is 230 g/mol. The molecule has 0 saturated carbocycles. The van der Waals surface area contributed by atoms with E-state index in [1.807, 2.05) is 12.1 Å². The average Bonchev–Trinajstić information content (AvgIpc) is 2.63. The zero-order chi connectivity index (χ0) is 12.8. The van der Waals surface area contributed by atoms with Crippen molar-refractivity contribution in [2.24, 2.45) is 0 Å². The van der Waals surface area contributed by atoms with Crippen molar-refractivity contribution in [1.29, 1.82) is 0 Å². The van der Waals surface area contributed by atoms with Gasteiger partial charge in [-0.25, -0.2) is 0 Å². The Labute approximate surface area is 104 Å². The van der Waals surface area contributed by atoms with Crippen LogP contribution < -0.4 is 4.73 Å². The fourth-order valence-electron chi connectivity index (χ4n) is 2.64. The highest BCUT2D eigenvalue weighted by atomic mass is 16.5. The van der Waals surface area contributed by atoms with Gasteiger partial charge in [-0.2, -0.15) is 4.73 Å². The zero-order valence-electron chi connectivity index (χ0n) is 9.65. The Kier molecular flexibility index (Phi) is 2.36. The van der Waals surface area contributed by atoms with Crippen LogP contribution >= 0.6 is 0 Å². The quantitative estimate of drug-likeness (QED) is 0.565. The van der Waals surface area contributed by atoms with Gasteiger partial charge in [0.25, 0.3) is 0 Å². The molecule has 0 saturated heterocycles. The van der Waals surface area contributed by atoms with Gasteiger partial charge < -0.3 is 15.4 Å². The van der Waals surface area contributed by atoms with Crippen LogP contribution in [0.25, 0.3) is 0 Å². The monoisotopic (exact) mass is 243 g/mol. The lowest BCUT2D eigenvalue weighted by Gasteiger charge is -2.25. The van der Waals surface area contributed by atoms with Gasteiger partial charge in [0.1, 0.15) is 6.10 Å². The molecule has 0 spiro atoms. The summed E-state index contributed by atoms with van der Waals surface area (Å²) in [6.07, 6.45) is 0.667. The predicted octanol–water partition coefficient (Wildman–Crippen LogP) is 0.473. The zero-order valence-corrected chi connectivity index (χ0v) is 9.65. The highest BCUT2D eigenvalue weighted by Gasteiger charge is 2.50. The summed E-state index contributed by atoms with van der Waals surface area (Å²) in [7, 11) is 0. The van der Waals surface area contributed by atoms with Gasteiger partial charge in [0.05, 0.1) is 0 Å². The van der Waals surface area contributed by atoms with Gasteiger partial charge in [-0.15, -0.1) is 0 Å². The van der Waals surface area contributed by atoms with Crippen molar-refractivity contribution in [3.63, 3.8) is 0 Å². The van der Waals surface area contributed by atoms with Gasteiger partial charge in [0.2, 0.25) is 11.3 Å². The Balaban J connectivity index is 2.24. The second-order valence-electron chi connectivity index (χ2n) is 4.56. The van der Waals surface area contributed by atoms with E-state index in [-0.39, 0.29) is 5.69 Å². The maximum absolute atomic E-state index is 11.8. The second-order valence-corrected chi connectivity index (χ2v) is 4.56. The van der Waals surface area contributed by atoms with E-state index in [0.29, 0.717) is 16.7 Å². The van der Waals surface area contributed by atoms with E-state index in [2.05, 4.69) is 0 Å². The molecule has 0 fully saturated rings. The fourth-order valence-corrected chi connectivity index (χ4v) is 2.64. The molecule has 18 heavy (non-hydrogen) atoms. The number of hydrogen-bond donors (Lipinski definition) is 2. The van der Waals surface area contributed by atoms with Crippen LogP contribution in [0.3, 0.4) is 0 Å². The normalized spacial score (nSPS) is 26.0. The molecule has 3 rings (SSSR count). The van der Waals surface area contributed by atoms with Crippen LogP contribution in [-0.2, 0) is 12.0 Å². The molecule has 1 aromatic carbocycles. The third-order valence-electron chi connectivity index (χ3n) is 3.54. The number of pyridine rings is 1. The van der Waals surface area contributed by atoms with Gasteiger partial charge in [-0.05, 0) is 11.6 Å². The van der Waals surface area contributed by atoms with E-state index in [9.17, 15) is 15.4 Å². The number of benzene rings is 1. The Morgan fingerprint density at radius 3 is 2.67 bits per heavy atom. The van der Waals surface area contributed by atoms with Crippen molar-refractivity contribution in [1.82, 2.24) is 0 Å². The molecule has 2 aromatic rings. The molecule has 2 unspecified atom stereocenters. The first-order chi connectivity index (χ1) is 8.64. The van der Waals surface area contributed by atoms with Gasteiger partial charge in [0.15, 0.2) is 6.20 Å². The lowest BCUT2D eigenvalue weighted by Crippen LogP contribution is -2.47. The summed E-state index contributed by atoms with van der Waals surface area (Å²) in [5, 5.41) is 32.8. The lowest BCUT2D eigenvalue weighted by molar-refractivity contribution is -0.622. The molecule has 0 aliphatic heterocycles. The number of aliphatic hydroxyl groups excluding tert-OH is 1. The molecule has 1 aromatic heterocycles. The summed E-state index contributed by atoms with van der Waals surface area (Å²) in [6, 6.07) is 12.1. The minimum Gasteiger partial charge on any atom is -0.618 e. The van der Waals surface area contributed by atoms with Crippen LogP contribution in [-0.4, -0.2) is 16.3 Å². The number of fused-ring (bicyclic) bond motifs is 1. The number of aromatic nitrogens is 1. The van der Waals surface area contributed by atoms with Crippen molar-refractivity contribution in [2.75, 3.05) is 0 Å². The van der Waals surface area contributed by atoms with Crippen LogP contribution in [0.4, 0.5) is 0 Å². The van der Waals surface area contributed by atoms with Crippen LogP contribution in [0.2, 0.25) is 0 Å². The van der Waals surface area contributed by atoms with Gasteiger partial charge in [-0.1, -0.05) is 24.3 Å². The summed E-state index contributed by atoms with van der Waals surface area (Å²) in [6.45, 7) is 0. The summed E-state index contributed by atoms with van der Waals surface area (Å²) < 4.78 is 0.602. The predicted molar refractivity (Wildman–Crippen MR) is 64.6 cm³/mol. The SMILES string of the molecule is [O-][n+]1ccccc1C1(O)c2ccccc2CC1O. The first-order valence-electron chi connectivity index (χ1n) is 5.81. The van der Waals surface area contributed by atoms with Crippen molar-refractivity contribution < 1.29 is 14.9 Å². The highest BCUT2D eigenvalue weighted by molar-refractivity contribution is 5.44. The molecule has 1 aliphatic rings. The first kappa shape index (κ1) is 11.2. The van der Waals surface area contributed by atoms with Gasteiger partial charge >= 0.3 is 0 Å². The minimum atomic E-state index is -1.63. The number of hydrogen-bond acceptors (Lipinski definition) is 3. The molecule has 1 heterocycles. The molecule has 2 N–H and O–H groups in total. The second kappa shape index (κ2) is 3.80. The maximum Gasteiger partial charge on any atom is 0.231 e. The molecule has 0 amide bonds. The van der Waals surface area contributed by atoms with Crippen molar-refractivity contribution >= 4 is 0 Å². The van der Waals surface area contributed by atoms with Crippen molar-refractivity contribution in [3.05, 3.63) is 70.7 Å². The van der Waals surface area contributed by atoms with Crippen molar-refractivity contribution in [2.45, 2.75) is 18.1 Å². The summed E-state index contributed by atoms with van der Waals surface area (Å²) in [4.78, 5) is 0. The first-order valence-corrected chi connectivity index (χ1v) is 5.81. The van der Waals surface area contributed by atoms with E-state index < -0.39 is 11.7 Å². The summed E-state index contributed by atoms with van der Waals surface area (Å²) in [5.41, 5.74) is 0.00618. The topological polar surface area (TPSA) is 67.4 Å². The maximum atomic E-state index is 11.8. The Morgan fingerprint density at radius 2 is 1.89 bits per heavy atom. The lowest BCUT2D eigenvalue weighted by atomic mass is 9.90. The largest absolute Gasteiger partial charge is 0.618 e. The molecule has 4 heteroatoms. The van der Waals surface area contributed by atoms with Crippen molar-refractivity contribution in [3.8, 4) is 0 Å². The highest BCUT2D eigenvalue weighted by Crippen LogP contribution is 2.40.